The average molecular weight is 426 g/mol. The quantitative estimate of drug-likeness (QED) is 0.144. The summed E-state index contributed by atoms with van der Waals surface area (Å²) in [6.07, 6.45) is 0. The molecule has 1 aliphatic rings. The molecule has 1 unspecified atom stereocenters. The molecule has 0 spiro atoms. The molecule has 0 aromatic carbocycles. The molecule has 0 aliphatic carbocycles. The first-order valence-corrected chi connectivity index (χ1v) is 7.88. The summed E-state index contributed by atoms with van der Waals surface area (Å²) in [6.45, 7) is 1.11. The van der Waals surface area contributed by atoms with Gasteiger partial charge < -0.3 is 0 Å². The van der Waals surface area contributed by atoms with E-state index >= 15 is 0 Å². The summed E-state index contributed by atoms with van der Waals surface area (Å²) >= 11 is -2.33. The van der Waals surface area contributed by atoms with Crippen molar-refractivity contribution < 1.29 is 71.1 Å². The molecule has 1 atom stereocenters. The third-order valence-corrected chi connectivity index (χ3v) is 7.68. The van der Waals surface area contributed by atoms with Crippen LogP contribution in [0.25, 0.3) is 0 Å². The molecule has 0 amide bonds. The van der Waals surface area contributed by atoms with E-state index < -0.39 is 64.2 Å². The van der Waals surface area contributed by atoms with Crippen molar-refractivity contribution in [2.24, 2.45) is 0 Å². The number of carbonyl (C=O) groups is 4. The van der Waals surface area contributed by atoms with Gasteiger partial charge in [0.15, 0.2) is 0 Å². The Labute approximate surface area is 99.2 Å². The molecule has 8 heteroatoms. The van der Waals surface area contributed by atoms with E-state index in [9.17, 15) is 19.2 Å². The molecule has 0 radical (unpaired) electrons. The van der Waals surface area contributed by atoms with Gasteiger partial charge in [0.05, 0.1) is 0 Å². The zero-order valence-corrected chi connectivity index (χ0v) is 11.1. The molecule has 6 nitrogen and oxygen atoms in total. The molecule has 1 heterocycles. The van der Waals surface area contributed by atoms with Crippen LogP contribution in [0.15, 0.2) is 0 Å². The Balaban J connectivity index is 2.45. The van der Waals surface area contributed by atoms with Crippen LogP contribution < -0.4 is 42.4 Å². The minimum absolute atomic E-state index is 0.519. The molecular formula is C6H4I2O6-2. The van der Waals surface area contributed by atoms with E-state index in [1.54, 1.807) is 0 Å². The fourth-order valence-corrected chi connectivity index (χ4v) is 6.47. The van der Waals surface area contributed by atoms with E-state index in [-0.39, 0.29) is 0 Å². The van der Waals surface area contributed by atoms with E-state index in [0.29, 0.717) is 0 Å². The molecule has 0 N–H and O–H groups in total. The fourth-order valence-electron chi connectivity index (χ4n) is 0.547. The molecule has 0 bridgehead atoms. The van der Waals surface area contributed by atoms with E-state index in [1.807, 2.05) is 0 Å². The SMILES string of the molecule is CC(=O)OC(=O)[I-]C1[I-]C(=O)OC1=O. The van der Waals surface area contributed by atoms with Crippen molar-refractivity contribution in [1.29, 1.82) is 0 Å². The Kier molecular flexibility index (Phi) is 4.22. The molecule has 0 aromatic heterocycles. The molecule has 80 valence electrons. The zero-order valence-electron chi connectivity index (χ0n) is 6.78. The summed E-state index contributed by atoms with van der Waals surface area (Å²) in [7, 11) is 0. The Morgan fingerprint density at radius 3 is 2.57 bits per heavy atom. The Morgan fingerprint density at radius 2 is 2.14 bits per heavy atom. The van der Waals surface area contributed by atoms with Crippen LogP contribution in [0.3, 0.4) is 0 Å². The van der Waals surface area contributed by atoms with E-state index in [4.69, 9.17) is 0 Å². The van der Waals surface area contributed by atoms with Gasteiger partial charge in [-0.05, 0) is 0 Å². The van der Waals surface area contributed by atoms with Crippen LogP contribution in [0.4, 0.5) is 9.59 Å². The van der Waals surface area contributed by atoms with Gasteiger partial charge in [-0.3, -0.25) is 0 Å². The van der Waals surface area contributed by atoms with Crippen molar-refractivity contribution in [3.05, 3.63) is 0 Å². The van der Waals surface area contributed by atoms with Crippen molar-refractivity contribution in [2.45, 2.75) is 8.86 Å². The number of hydrogen-bond donors (Lipinski definition) is 0. The van der Waals surface area contributed by atoms with E-state index in [1.165, 1.54) is 0 Å². The maximum atomic E-state index is 11.0. The van der Waals surface area contributed by atoms with Gasteiger partial charge in [-0.15, -0.1) is 0 Å². The Morgan fingerprint density at radius 1 is 1.50 bits per heavy atom. The van der Waals surface area contributed by atoms with Gasteiger partial charge in [0.1, 0.15) is 0 Å². The third-order valence-electron chi connectivity index (χ3n) is 0.953. The van der Waals surface area contributed by atoms with Crippen molar-refractivity contribution in [2.75, 3.05) is 0 Å². The molecular weight excluding hydrogens is 422 g/mol. The van der Waals surface area contributed by atoms with Crippen molar-refractivity contribution in [3.8, 4) is 0 Å². The van der Waals surface area contributed by atoms with Crippen LogP contribution in [0.5, 0.6) is 0 Å². The monoisotopic (exact) mass is 426 g/mol. The normalized spacial score (nSPS) is 21.4. The van der Waals surface area contributed by atoms with Crippen LogP contribution in [0.1, 0.15) is 6.92 Å². The predicted octanol–water partition coefficient (Wildman–Crippen LogP) is -6.15. The fraction of sp³-hybridized carbons (Fsp3) is 0.333. The molecule has 0 saturated carbocycles. The number of ether oxygens (including phenoxy) is 2. The van der Waals surface area contributed by atoms with Crippen molar-refractivity contribution >= 4 is 19.9 Å². The molecule has 1 fully saturated rings. The summed E-state index contributed by atoms with van der Waals surface area (Å²) in [5, 5.41) is 0. The van der Waals surface area contributed by atoms with Gasteiger partial charge in [0.2, 0.25) is 0 Å². The number of halogens is 2. The first-order chi connectivity index (χ1) is 6.49. The van der Waals surface area contributed by atoms with Crippen molar-refractivity contribution in [3.63, 3.8) is 0 Å². The second kappa shape index (κ2) is 5.00. The topological polar surface area (TPSA) is 86.7 Å². The second-order valence-corrected chi connectivity index (χ2v) is 9.89. The van der Waals surface area contributed by atoms with Crippen LogP contribution in [-0.2, 0) is 19.1 Å². The number of carbonyl (C=O) groups excluding carboxylic acids is 4. The van der Waals surface area contributed by atoms with Crippen LogP contribution >= 0.6 is 0 Å². The number of rotatable bonds is 2. The number of esters is 2. The molecule has 1 aliphatic heterocycles. The van der Waals surface area contributed by atoms with Gasteiger partial charge >= 0.3 is 99.8 Å². The first-order valence-electron chi connectivity index (χ1n) is 3.24. The van der Waals surface area contributed by atoms with Crippen LogP contribution in [0, 0.1) is 0 Å². The molecule has 1 rings (SSSR count). The molecule has 0 aromatic rings. The van der Waals surface area contributed by atoms with Gasteiger partial charge in [-0.1, -0.05) is 0 Å². The Hall–Kier alpha value is -0.260. The molecule has 1 saturated heterocycles. The van der Waals surface area contributed by atoms with Gasteiger partial charge in [0.25, 0.3) is 0 Å². The number of cyclic esters (lactones) is 2. The number of hydrogen-bond acceptors (Lipinski definition) is 6. The predicted molar refractivity (Wildman–Crippen MR) is 32.4 cm³/mol. The molecule has 14 heavy (non-hydrogen) atoms. The summed E-state index contributed by atoms with van der Waals surface area (Å²) in [5.74, 6) is -1.35. The van der Waals surface area contributed by atoms with Crippen molar-refractivity contribution in [1.82, 2.24) is 0 Å². The zero-order chi connectivity index (χ0) is 10.7. The summed E-state index contributed by atoms with van der Waals surface area (Å²) < 4.78 is 6.75. The number of alkyl halides is 2. The summed E-state index contributed by atoms with van der Waals surface area (Å²) in [4.78, 5) is 42.9. The van der Waals surface area contributed by atoms with Gasteiger partial charge in [-0.2, -0.15) is 0 Å². The standard InChI is InChI=1S/C6H4I2O6/c1-2(9)13-5(11)7-3-4(10)14-6(12)8-3/h3H,1H3/q-2. The summed E-state index contributed by atoms with van der Waals surface area (Å²) in [5.41, 5.74) is 0. The Bertz CT molecular complexity index is 311. The second-order valence-electron chi connectivity index (χ2n) is 2.01. The van der Waals surface area contributed by atoms with E-state index in [0.717, 1.165) is 6.92 Å². The van der Waals surface area contributed by atoms with Crippen LogP contribution in [0.2, 0.25) is 0 Å². The van der Waals surface area contributed by atoms with Gasteiger partial charge in [0, 0.05) is 0 Å². The van der Waals surface area contributed by atoms with Crippen LogP contribution in [-0.4, -0.2) is 21.8 Å². The van der Waals surface area contributed by atoms with E-state index in [2.05, 4.69) is 9.47 Å². The summed E-state index contributed by atoms with van der Waals surface area (Å²) in [6, 6.07) is 0. The van der Waals surface area contributed by atoms with Gasteiger partial charge in [-0.25, -0.2) is 0 Å². The average Bonchev–Trinajstić information content (AvgIpc) is 2.28. The third kappa shape index (κ3) is 3.48. The minimum atomic E-state index is -1.27. The first kappa shape index (κ1) is 11.8. The maximum absolute atomic E-state index is 11.0.